The Balaban J connectivity index is 1.65. The molecule has 2 aliphatic rings. The Morgan fingerprint density at radius 1 is 1.09 bits per heavy atom. The molecule has 0 aromatic heterocycles. The summed E-state index contributed by atoms with van der Waals surface area (Å²) in [5, 5.41) is 3.17. The fraction of sp³-hybridized carbons (Fsp3) is 0.529. The predicted octanol–water partition coefficient (Wildman–Crippen LogP) is 2.36. The van der Waals surface area contributed by atoms with Crippen molar-refractivity contribution in [1.29, 1.82) is 0 Å². The summed E-state index contributed by atoms with van der Waals surface area (Å²) in [6.07, 6.45) is 2.31. The average molecular weight is 323 g/mol. The molecule has 3 rings (SSSR count). The minimum Gasteiger partial charge on any atom is -0.487 e. The van der Waals surface area contributed by atoms with Crippen molar-refractivity contribution in [2.45, 2.75) is 12.8 Å². The van der Waals surface area contributed by atoms with Gasteiger partial charge >= 0.3 is 0 Å². The first kappa shape index (κ1) is 16.1. The summed E-state index contributed by atoms with van der Waals surface area (Å²) in [7, 11) is 0. The topological polar surface area (TPSA) is 27.7 Å². The number of nitrogens with one attached hydrogen (secondary N) is 1. The number of rotatable bonds is 5. The normalized spacial score (nSPS) is 18.3. The van der Waals surface area contributed by atoms with Gasteiger partial charge in [-0.2, -0.15) is 0 Å². The Morgan fingerprint density at radius 3 is 2.30 bits per heavy atom. The lowest BCUT2D eigenvalue weighted by Gasteiger charge is -2.30. The maximum absolute atomic E-state index is 14.3. The molecule has 0 radical (unpaired) electrons. The molecule has 1 N–H and O–H groups in total. The molecule has 1 aromatic carbocycles. The summed E-state index contributed by atoms with van der Waals surface area (Å²) in [6.45, 7) is 8.85. The molecule has 2 saturated heterocycles. The number of halogens is 2. The fourth-order valence-electron chi connectivity index (χ4n) is 3.11. The van der Waals surface area contributed by atoms with Crippen molar-refractivity contribution in [1.82, 2.24) is 10.2 Å². The minimum absolute atomic E-state index is 0.0391. The molecule has 0 unspecified atom stereocenters. The summed E-state index contributed by atoms with van der Waals surface area (Å²) >= 11 is 0. The highest BCUT2D eigenvalue weighted by Crippen LogP contribution is 2.29. The van der Waals surface area contributed by atoms with E-state index in [1.165, 1.54) is 12.1 Å². The zero-order valence-electron chi connectivity index (χ0n) is 13.3. The number of benzene rings is 1. The van der Waals surface area contributed by atoms with Crippen molar-refractivity contribution < 1.29 is 13.5 Å². The standard InChI is InChI=1S/C17H23F2N3O/c1-13(21-6-2-3-7-21)12-23-14-10-15(18)17(16(19)11-14)22-8-4-20-5-9-22/h10-11,20H,1-9,12H2. The molecular weight excluding hydrogens is 300 g/mol. The summed E-state index contributed by atoms with van der Waals surface area (Å²) in [5.74, 6) is -0.943. The lowest BCUT2D eigenvalue weighted by molar-refractivity contribution is 0.291. The van der Waals surface area contributed by atoms with Gasteiger partial charge < -0.3 is 19.9 Å². The van der Waals surface area contributed by atoms with Crippen LogP contribution in [0.25, 0.3) is 0 Å². The van der Waals surface area contributed by atoms with Gasteiger partial charge in [0.15, 0.2) is 11.6 Å². The van der Waals surface area contributed by atoms with E-state index in [9.17, 15) is 8.78 Å². The molecule has 0 spiro atoms. The van der Waals surface area contributed by atoms with Crippen molar-refractivity contribution in [3.8, 4) is 5.75 Å². The van der Waals surface area contributed by atoms with Crippen LogP contribution in [0, 0.1) is 11.6 Å². The second-order valence-corrected chi connectivity index (χ2v) is 6.02. The molecule has 2 heterocycles. The second kappa shape index (κ2) is 7.17. The molecule has 0 saturated carbocycles. The predicted molar refractivity (Wildman–Crippen MR) is 86.9 cm³/mol. The molecule has 1 aromatic rings. The molecule has 0 aliphatic carbocycles. The van der Waals surface area contributed by atoms with Gasteiger partial charge in [0.1, 0.15) is 18.0 Å². The summed E-state index contributed by atoms with van der Waals surface area (Å²) in [6, 6.07) is 2.52. The van der Waals surface area contributed by atoms with Gasteiger partial charge in [0.25, 0.3) is 0 Å². The second-order valence-electron chi connectivity index (χ2n) is 6.02. The first-order valence-corrected chi connectivity index (χ1v) is 8.15. The number of hydrogen-bond donors (Lipinski definition) is 1. The molecule has 23 heavy (non-hydrogen) atoms. The van der Waals surface area contributed by atoms with Crippen LogP contribution in [0.4, 0.5) is 14.5 Å². The lowest BCUT2D eigenvalue weighted by atomic mass is 10.2. The van der Waals surface area contributed by atoms with E-state index in [1.807, 2.05) is 0 Å². The Hall–Kier alpha value is -1.82. The van der Waals surface area contributed by atoms with Crippen LogP contribution in [-0.4, -0.2) is 50.8 Å². The van der Waals surface area contributed by atoms with Gasteiger partial charge in [-0.3, -0.25) is 0 Å². The van der Waals surface area contributed by atoms with Crippen molar-refractivity contribution >= 4 is 5.69 Å². The summed E-state index contributed by atoms with van der Waals surface area (Å²) in [4.78, 5) is 3.88. The van der Waals surface area contributed by atoms with Gasteiger partial charge in [-0.1, -0.05) is 6.58 Å². The number of hydrogen-bond acceptors (Lipinski definition) is 4. The van der Waals surface area contributed by atoms with Crippen molar-refractivity contribution in [3.05, 3.63) is 36.0 Å². The number of ether oxygens (including phenoxy) is 1. The molecule has 0 atom stereocenters. The van der Waals surface area contributed by atoms with E-state index in [-0.39, 0.29) is 18.0 Å². The fourth-order valence-corrected chi connectivity index (χ4v) is 3.11. The van der Waals surface area contributed by atoms with Gasteiger partial charge in [0, 0.05) is 57.1 Å². The third kappa shape index (κ3) is 3.75. The van der Waals surface area contributed by atoms with Crippen LogP contribution >= 0.6 is 0 Å². The first-order chi connectivity index (χ1) is 11.1. The monoisotopic (exact) mass is 323 g/mol. The van der Waals surface area contributed by atoms with E-state index in [0.717, 1.165) is 44.7 Å². The Kier molecular flexibility index (Phi) is 5.00. The molecule has 4 nitrogen and oxygen atoms in total. The van der Waals surface area contributed by atoms with Gasteiger partial charge in [-0.05, 0) is 12.8 Å². The number of likely N-dealkylation sites (tertiary alicyclic amines) is 1. The van der Waals surface area contributed by atoms with E-state index in [1.54, 1.807) is 4.90 Å². The quantitative estimate of drug-likeness (QED) is 0.900. The Labute approximate surface area is 135 Å². The van der Waals surface area contributed by atoms with Crippen molar-refractivity contribution in [3.63, 3.8) is 0 Å². The van der Waals surface area contributed by atoms with Crippen molar-refractivity contribution in [2.75, 3.05) is 50.8 Å². The maximum Gasteiger partial charge on any atom is 0.153 e. The number of nitrogens with zero attached hydrogens (tertiary/aromatic N) is 2. The molecular formula is C17H23F2N3O. The molecule has 6 heteroatoms. The van der Waals surface area contributed by atoms with Crippen LogP contribution < -0.4 is 15.0 Å². The molecule has 0 amide bonds. The third-order valence-electron chi connectivity index (χ3n) is 4.38. The van der Waals surface area contributed by atoms with Gasteiger partial charge in [0.05, 0.1) is 0 Å². The van der Waals surface area contributed by atoms with E-state index >= 15 is 0 Å². The zero-order chi connectivity index (χ0) is 16.2. The lowest BCUT2D eigenvalue weighted by Crippen LogP contribution is -2.44. The first-order valence-electron chi connectivity index (χ1n) is 8.15. The zero-order valence-corrected chi connectivity index (χ0v) is 13.3. The highest BCUT2D eigenvalue weighted by Gasteiger charge is 2.20. The largest absolute Gasteiger partial charge is 0.487 e. The van der Waals surface area contributed by atoms with Gasteiger partial charge in [-0.25, -0.2) is 8.78 Å². The van der Waals surface area contributed by atoms with E-state index < -0.39 is 11.6 Å². The van der Waals surface area contributed by atoms with Crippen LogP contribution in [-0.2, 0) is 0 Å². The van der Waals surface area contributed by atoms with Crippen LogP contribution in [0.2, 0.25) is 0 Å². The maximum atomic E-state index is 14.3. The van der Waals surface area contributed by atoms with Crippen LogP contribution in [0.5, 0.6) is 5.75 Å². The van der Waals surface area contributed by atoms with Crippen LogP contribution in [0.3, 0.4) is 0 Å². The molecule has 0 bridgehead atoms. The smallest absolute Gasteiger partial charge is 0.153 e. The Bertz CT molecular complexity index is 544. The van der Waals surface area contributed by atoms with Crippen molar-refractivity contribution in [2.24, 2.45) is 0 Å². The minimum atomic E-state index is -0.575. The number of piperazine rings is 1. The SMILES string of the molecule is C=C(COc1cc(F)c(N2CCNCC2)c(F)c1)N1CCCC1. The summed E-state index contributed by atoms with van der Waals surface area (Å²) < 4.78 is 34.1. The Morgan fingerprint density at radius 2 is 1.70 bits per heavy atom. The average Bonchev–Trinajstić information content (AvgIpc) is 3.07. The highest BCUT2D eigenvalue weighted by molar-refractivity contribution is 5.52. The summed E-state index contributed by atoms with van der Waals surface area (Å²) in [5.41, 5.74) is 0.895. The molecule has 2 aliphatic heterocycles. The molecule has 126 valence electrons. The third-order valence-corrected chi connectivity index (χ3v) is 4.38. The van der Waals surface area contributed by atoms with Gasteiger partial charge in [-0.15, -0.1) is 0 Å². The van der Waals surface area contributed by atoms with Crippen LogP contribution in [0.15, 0.2) is 24.4 Å². The molecule has 2 fully saturated rings. The van der Waals surface area contributed by atoms with E-state index in [2.05, 4.69) is 16.8 Å². The van der Waals surface area contributed by atoms with Crippen LogP contribution in [0.1, 0.15) is 12.8 Å². The van der Waals surface area contributed by atoms with E-state index in [0.29, 0.717) is 13.1 Å². The highest BCUT2D eigenvalue weighted by atomic mass is 19.1. The van der Waals surface area contributed by atoms with E-state index in [4.69, 9.17) is 4.74 Å². The van der Waals surface area contributed by atoms with Gasteiger partial charge in [0.2, 0.25) is 0 Å². The number of anilines is 1.